The molecule has 0 bridgehead atoms. The Morgan fingerprint density at radius 1 is 1.14 bits per heavy atom. The number of anilines is 1. The molecular formula is C27H25ClF3N3O. The Kier molecular flexibility index (Phi) is 6.01. The molecular weight excluding hydrogens is 475 g/mol. The third-order valence-electron chi connectivity index (χ3n) is 6.63. The standard InChI is InChI=1S/C27H25ClF3N3O/c1-14-5-7-17(15(2)9-14)23-18(13-32)25(33)34(21-11-26(3,4)12-22(35)24(21)23)20-10-16(27(29,30)31)6-8-19(20)28/h5-10,23H,11-12,33H2,1-4H3. The lowest BCUT2D eigenvalue weighted by atomic mass is 9.68. The normalized spacial score (nSPS) is 20.1. The average Bonchev–Trinajstić information content (AvgIpc) is 2.72. The summed E-state index contributed by atoms with van der Waals surface area (Å²) in [5.41, 5.74) is 8.84. The molecule has 1 atom stereocenters. The molecule has 2 aromatic rings. The van der Waals surface area contributed by atoms with Gasteiger partial charge in [0.1, 0.15) is 5.82 Å². The lowest BCUT2D eigenvalue weighted by Crippen LogP contribution is -2.42. The number of ketones is 1. The number of Topliss-reactive ketones (excluding diaryl/α,β-unsaturated/α-hetero) is 1. The van der Waals surface area contributed by atoms with Crippen LogP contribution in [0.4, 0.5) is 18.9 Å². The predicted octanol–water partition coefficient (Wildman–Crippen LogP) is 6.92. The SMILES string of the molecule is Cc1ccc(C2C(C#N)=C(N)N(c3cc(C(F)(F)F)ccc3Cl)C3=C2C(=O)CC(C)(C)C3)c(C)c1. The summed E-state index contributed by atoms with van der Waals surface area (Å²) in [7, 11) is 0. The summed E-state index contributed by atoms with van der Waals surface area (Å²) in [6.07, 6.45) is -3.98. The summed E-state index contributed by atoms with van der Waals surface area (Å²) in [6.45, 7) is 7.70. The van der Waals surface area contributed by atoms with Crippen molar-refractivity contribution in [2.45, 2.75) is 52.6 Å². The smallest absolute Gasteiger partial charge is 0.384 e. The molecule has 182 valence electrons. The number of nitriles is 1. The van der Waals surface area contributed by atoms with Crippen molar-refractivity contribution >= 4 is 23.1 Å². The quantitative estimate of drug-likeness (QED) is 0.487. The van der Waals surface area contributed by atoms with Gasteiger partial charge in [0.05, 0.1) is 33.8 Å². The van der Waals surface area contributed by atoms with Crippen LogP contribution >= 0.6 is 11.6 Å². The molecule has 0 saturated heterocycles. The third-order valence-corrected chi connectivity index (χ3v) is 6.95. The van der Waals surface area contributed by atoms with Gasteiger partial charge in [-0.25, -0.2) is 0 Å². The number of nitrogens with two attached hydrogens (primary N) is 1. The summed E-state index contributed by atoms with van der Waals surface area (Å²) in [5, 5.41) is 10.2. The zero-order valence-electron chi connectivity index (χ0n) is 19.8. The third kappa shape index (κ3) is 4.32. The van der Waals surface area contributed by atoms with Crippen molar-refractivity contribution in [3.8, 4) is 6.07 Å². The fraction of sp³-hybridized carbons (Fsp3) is 0.333. The summed E-state index contributed by atoms with van der Waals surface area (Å²) in [5.74, 6) is -0.891. The number of carbonyl (C=O) groups excluding carboxylic acids is 1. The largest absolute Gasteiger partial charge is 0.416 e. The highest BCUT2D eigenvalue weighted by Gasteiger charge is 2.45. The van der Waals surface area contributed by atoms with Crippen LogP contribution in [0.15, 0.2) is 59.1 Å². The Bertz CT molecular complexity index is 1350. The molecule has 1 aliphatic heterocycles. The highest BCUT2D eigenvalue weighted by Crippen LogP contribution is 2.52. The molecule has 8 heteroatoms. The number of hydrogen-bond donors (Lipinski definition) is 1. The van der Waals surface area contributed by atoms with E-state index in [0.29, 0.717) is 17.7 Å². The van der Waals surface area contributed by atoms with Gasteiger partial charge in [-0.3, -0.25) is 9.69 Å². The minimum absolute atomic E-state index is 0.0104. The molecule has 0 spiro atoms. The van der Waals surface area contributed by atoms with E-state index in [2.05, 4.69) is 6.07 Å². The molecule has 1 unspecified atom stereocenters. The van der Waals surface area contributed by atoms with Crippen LogP contribution in [0.2, 0.25) is 5.02 Å². The van der Waals surface area contributed by atoms with Gasteiger partial charge in [-0.05, 0) is 55.0 Å². The molecule has 4 nitrogen and oxygen atoms in total. The Balaban J connectivity index is 2.05. The number of rotatable bonds is 2. The van der Waals surface area contributed by atoms with E-state index in [0.717, 1.165) is 34.9 Å². The van der Waals surface area contributed by atoms with Crippen LogP contribution in [0.1, 0.15) is 54.9 Å². The average molecular weight is 500 g/mol. The number of benzene rings is 2. The molecule has 1 aliphatic carbocycles. The van der Waals surface area contributed by atoms with Gasteiger partial charge in [0.2, 0.25) is 0 Å². The maximum atomic E-state index is 13.6. The van der Waals surface area contributed by atoms with Crippen molar-refractivity contribution in [2.24, 2.45) is 11.1 Å². The summed E-state index contributed by atoms with van der Waals surface area (Å²) >= 11 is 6.39. The maximum Gasteiger partial charge on any atom is 0.416 e. The fourth-order valence-electron chi connectivity index (χ4n) is 5.10. The molecule has 2 aromatic carbocycles. The van der Waals surface area contributed by atoms with E-state index in [-0.39, 0.29) is 34.3 Å². The summed E-state index contributed by atoms with van der Waals surface area (Å²) < 4.78 is 40.7. The van der Waals surface area contributed by atoms with Crippen molar-refractivity contribution in [1.29, 1.82) is 5.26 Å². The second-order valence-electron chi connectivity index (χ2n) is 10.0. The Hall–Kier alpha value is -3.24. The zero-order chi connectivity index (χ0) is 25.9. The van der Waals surface area contributed by atoms with E-state index in [9.17, 15) is 23.2 Å². The van der Waals surface area contributed by atoms with Crippen LogP contribution in [0.25, 0.3) is 0 Å². The molecule has 0 saturated carbocycles. The lowest BCUT2D eigenvalue weighted by Gasteiger charge is -2.44. The monoisotopic (exact) mass is 499 g/mol. The van der Waals surface area contributed by atoms with E-state index in [1.807, 2.05) is 45.9 Å². The van der Waals surface area contributed by atoms with Crippen LogP contribution in [0.5, 0.6) is 0 Å². The van der Waals surface area contributed by atoms with Gasteiger partial charge in [-0.1, -0.05) is 49.2 Å². The second-order valence-corrected chi connectivity index (χ2v) is 10.4. The predicted molar refractivity (Wildman–Crippen MR) is 129 cm³/mol. The second kappa shape index (κ2) is 8.46. The lowest BCUT2D eigenvalue weighted by molar-refractivity contribution is -0.137. The summed E-state index contributed by atoms with van der Waals surface area (Å²) in [4.78, 5) is 15.0. The van der Waals surface area contributed by atoms with Crippen LogP contribution < -0.4 is 10.6 Å². The first-order valence-electron chi connectivity index (χ1n) is 11.1. The number of allylic oxidation sites excluding steroid dienone is 3. The fourth-order valence-corrected chi connectivity index (χ4v) is 5.31. The van der Waals surface area contributed by atoms with Crippen LogP contribution in [0, 0.1) is 30.6 Å². The van der Waals surface area contributed by atoms with Crippen molar-refractivity contribution in [3.05, 3.63) is 86.3 Å². The van der Waals surface area contributed by atoms with Crippen LogP contribution in [-0.2, 0) is 11.0 Å². The van der Waals surface area contributed by atoms with Gasteiger partial charge in [0.15, 0.2) is 5.78 Å². The van der Waals surface area contributed by atoms with Crippen LogP contribution in [-0.4, -0.2) is 5.78 Å². The minimum atomic E-state index is -4.61. The molecule has 1 heterocycles. The Labute approximate surface area is 207 Å². The Morgan fingerprint density at radius 3 is 2.43 bits per heavy atom. The van der Waals surface area contributed by atoms with Gasteiger partial charge in [0.25, 0.3) is 0 Å². The molecule has 35 heavy (non-hydrogen) atoms. The highest BCUT2D eigenvalue weighted by atomic mass is 35.5. The topological polar surface area (TPSA) is 70.1 Å². The zero-order valence-corrected chi connectivity index (χ0v) is 20.6. The Morgan fingerprint density at radius 2 is 1.83 bits per heavy atom. The number of alkyl halides is 3. The maximum absolute atomic E-state index is 13.6. The van der Waals surface area contributed by atoms with Gasteiger partial charge < -0.3 is 5.73 Å². The van der Waals surface area contributed by atoms with E-state index in [1.54, 1.807) is 0 Å². The summed E-state index contributed by atoms with van der Waals surface area (Å²) in [6, 6.07) is 10.9. The number of nitrogens with zero attached hydrogens (tertiary/aromatic N) is 2. The van der Waals surface area contributed by atoms with Gasteiger partial charge in [-0.2, -0.15) is 18.4 Å². The molecule has 0 radical (unpaired) electrons. The number of aryl methyl sites for hydroxylation is 2. The van der Waals surface area contributed by atoms with Crippen molar-refractivity contribution in [3.63, 3.8) is 0 Å². The van der Waals surface area contributed by atoms with E-state index >= 15 is 0 Å². The molecule has 0 aromatic heterocycles. The first kappa shape index (κ1) is 24.9. The van der Waals surface area contributed by atoms with Gasteiger partial charge >= 0.3 is 6.18 Å². The van der Waals surface area contributed by atoms with Crippen molar-refractivity contribution in [2.75, 3.05) is 4.90 Å². The molecule has 0 fully saturated rings. The van der Waals surface area contributed by atoms with Crippen molar-refractivity contribution in [1.82, 2.24) is 0 Å². The van der Waals surface area contributed by atoms with E-state index in [1.165, 1.54) is 4.90 Å². The first-order valence-corrected chi connectivity index (χ1v) is 11.5. The van der Waals surface area contributed by atoms with E-state index in [4.69, 9.17) is 17.3 Å². The van der Waals surface area contributed by atoms with Crippen molar-refractivity contribution < 1.29 is 18.0 Å². The molecule has 4 rings (SSSR count). The minimum Gasteiger partial charge on any atom is -0.384 e. The van der Waals surface area contributed by atoms with Gasteiger partial charge in [0, 0.05) is 17.7 Å². The molecule has 2 N–H and O–H groups in total. The van der Waals surface area contributed by atoms with Crippen LogP contribution in [0.3, 0.4) is 0 Å². The van der Waals surface area contributed by atoms with E-state index < -0.39 is 23.1 Å². The number of halogens is 4. The van der Waals surface area contributed by atoms with Gasteiger partial charge in [-0.15, -0.1) is 0 Å². The number of hydrogen-bond acceptors (Lipinski definition) is 4. The molecule has 2 aliphatic rings. The highest BCUT2D eigenvalue weighted by molar-refractivity contribution is 6.33. The molecule has 0 amide bonds. The number of carbonyl (C=O) groups is 1. The first-order chi connectivity index (χ1) is 16.2.